The van der Waals surface area contributed by atoms with Crippen LogP contribution in [-0.2, 0) is 0 Å². The molecule has 1 aromatic heterocycles. The van der Waals surface area contributed by atoms with Crippen LogP contribution in [0.1, 0.15) is 22.7 Å². The minimum atomic E-state index is -0.222. The molecular formula is C16H18ClFN2S. The maximum atomic E-state index is 14.5. The van der Waals surface area contributed by atoms with Gasteiger partial charge in [0.05, 0.1) is 11.1 Å². The summed E-state index contributed by atoms with van der Waals surface area (Å²) in [4.78, 5) is 2.31. The van der Waals surface area contributed by atoms with Gasteiger partial charge in [-0.05, 0) is 40.9 Å². The Morgan fingerprint density at radius 1 is 1.29 bits per heavy atom. The molecule has 0 aliphatic carbocycles. The summed E-state index contributed by atoms with van der Waals surface area (Å²) in [6.45, 7) is 5.56. The second kappa shape index (κ2) is 6.44. The van der Waals surface area contributed by atoms with E-state index in [1.165, 1.54) is 6.07 Å². The van der Waals surface area contributed by atoms with Crippen molar-refractivity contribution in [2.75, 3.05) is 26.2 Å². The lowest BCUT2D eigenvalue weighted by atomic mass is 9.96. The molecule has 0 saturated carbocycles. The summed E-state index contributed by atoms with van der Waals surface area (Å²) >= 11 is 8.09. The van der Waals surface area contributed by atoms with Gasteiger partial charge in [0.25, 0.3) is 0 Å². The Morgan fingerprint density at radius 3 is 2.71 bits per heavy atom. The van der Waals surface area contributed by atoms with Crippen molar-refractivity contribution in [3.8, 4) is 0 Å². The fourth-order valence-electron chi connectivity index (χ4n) is 2.86. The van der Waals surface area contributed by atoms with Gasteiger partial charge in [-0.3, -0.25) is 4.90 Å². The molecule has 1 saturated heterocycles. The molecule has 1 aliphatic heterocycles. The molecule has 0 bridgehead atoms. The molecule has 112 valence electrons. The summed E-state index contributed by atoms with van der Waals surface area (Å²) in [6, 6.07) is 5.22. The molecule has 1 atom stereocenters. The monoisotopic (exact) mass is 324 g/mol. The number of halogens is 2. The van der Waals surface area contributed by atoms with Crippen molar-refractivity contribution in [1.82, 2.24) is 10.2 Å². The van der Waals surface area contributed by atoms with E-state index in [2.05, 4.69) is 21.7 Å². The Morgan fingerprint density at radius 2 is 2.05 bits per heavy atom. The molecule has 0 amide bonds. The molecule has 21 heavy (non-hydrogen) atoms. The van der Waals surface area contributed by atoms with Crippen LogP contribution < -0.4 is 5.32 Å². The third kappa shape index (κ3) is 2.99. The van der Waals surface area contributed by atoms with Crippen molar-refractivity contribution in [2.24, 2.45) is 0 Å². The highest BCUT2D eigenvalue weighted by Crippen LogP contribution is 2.37. The molecule has 1 fully saturated rings. The summed E-state index contributed by atoms with van der Waals surface area (Å²) < 4.78 is 14.5. The first kappa shape index (κ1) is 15.0. The molecular weight excluding hydrogens is 307 g/mol. The van der Waals surface area contributed by atoms with Gasteiger partial charge >= 0.3 is 0 Å². The van der Waals surface area contributed by atoms with E-state index < -0.39 is 0 Å². The van der Waals surface area contributed by atoms with Gasteiger partial charge in [0.1, 0.15) is 5.82 Å². The lowest BCUT2D eigenvalue weighted by molar-refractivity contribution is 0.195. The number of piperazine rings is 1. The summed E-state index contributed by atoms with van der Waals surface area (Å²) in [7, 11) is 0. The van der Waals surface area contributed by atoms with E-state index in [9.17, 15) is 4.39 Å². The maximum absolute atomic E-state index is 14.5. The summed E-state index contributed by atoms with van der Waals surface area (Å²) in [6.07, 6.45) is 0. The molecule has 2 heterocycles. The van der Waals surface area contributed by atoms with Crippen LogP contribution in [0.4, 0.5) is 4.39 Å². The highest BCUT2D eigenvalue weighted by atomic mass is 35.5. The SMILES string of the molecule is Cc1ccc(F)c([C@H](c2ccsc2)N2CCNCC2)c1Cl. The Kier molecular flexibility index (Phi) is 4.60. The van der Waals surface area contributed by atoms with Gasteiger partial charge in [-0.15, -0.1) is 0 Å². The third-order valence-corrected chi connectivity index (χ3v) is 5.17. The quantitative estimate of drug-likeness (QED) is 0.922. The van der Waals surface area contributed by atoms with Gasteiger partial charge in [0.15, 0.2) is 0 Å². The van der Waals surface area contributed by atoms with Crippen LogP contribution in [0.15, 0.2) is 29.0 Å². The van der Waals surface area contributed by atoms with E-state index in [0.29, 0.717) is 10.6 Å². The average Bonchev–Trinajstić information content (AvgIpc) is 3.02. The first-order chi connectivity index (χ1) is 10.2. The number of aryl methyl sites for hydroxylation is 1. The van der Waals surface area contributed by atoms with Crippen LogP contribution in [0.5, 0.6) is 0 Å². The normalized spacial score (nSPS) is 17.9. The maximum Gasteiger partial charge on any atom is 0.129 e. The number of hydrogen-bond donors (Lipinski definition) is 1. The van der Waals surface area contributed by atoms with Crippen LogP contribution in [0, 0.1) is 12.7 Å². The standard InChI is InChI=1S/C16H18ClFN2S/c1-11-2-3-13(18)14(15(11)17)16(12-4-9-21-10-12)20-7-5-19-6-8-20/h2-4,9-10,16,19H,5-8H2,1H3/t16-/m0/s1. The van der Waals surface area contributed by atoms with Crippen molar-refractivity contribution in [2.45, 2.75) is 13.0 Å². The number of hydrogen-bond acceptors (Lipinski definition) is 3. The van der Waals surface area contributed by atoms with Crippen LogP contribution in [0.3, 0.4) is 0 Å². The minimum absolute atomic E-state index is 0.106. The fourth-order valence-corrected chi connectivity index (χ4v) is 3.80. The first-order valence-corrected chi connectivity index (χ1v) is 8.42. The predicted molar refractivity (Wildman–Crippen MR) is 86.8 cm³/mol. The lowest BCUT2D eigenvalue weighted by Gasteiger charge is -2.35. The number of nitrogens with one attached hydrogen (secondary N) is 1. The average molecular weight is 325 g/mol. The second-order valence-electron chi connectivity index (χ2n) is 5.34. The van der Waals surface area contributed by atoms with E-state index in [4.69, 9.17) is 11.6 Å². The second-order valence-corrected chi connectivity index (χ2v) is 6.50. The van der Waals surface area contributed by atoms with Crippen molar-refractivity contribution >= 4 is 22.9 Å². The fraction of sp³-hybridized carbons (Fsp3) is 0.375. The zero-order chi connectivity index (χ0) is 14.8. The summed E-state index contributed by atoms with van der Waals surface area (Å²) in [5.41, 5.74) is 2.65. The number of benzene rings is 1. The van der Waals surface area contributed by atoms with Gasteiger partial charge in [-0.1, -0.05) is 17.7 Å². The Labute approximate surface area is 133 Å². The van der Waals surface area contributed by atoms with Crippen LogP contribution in [0.2, 0.25) is 5.02 Å². The van der Waals surface area contributed by atoms with Gasteiger partial charge in [0.2, 0.25) is 0 Å². The highest BCUT2D eigenvalue weighted by molar-refractivity contribution is 7.08. The predicted octanol–water partition coefficient (Wildman–Crippen LogP) is 3.84. The molecule has 0 radical (unpaired) electrons. The number of thiophene rings is 1. The molecule has 1 aromatic carbocycles. The van der Waals surface area contributed by atoms with Gasteiger partial charge < -0.3 is 5.32 Å². The van der Waals surface area contributed by atoms with E-state index in [0.717, 1.165) is 37.3 Å². The van der Waals surface area contributed by atoms with Crippen LogP contribution in [0.25, 0.3) is 0 Å². The van der Waals surface area contributed by atoms with Gasteiger partial charge in [-0.25, -0.2) is 4.39 Å². The van der Waals surface area contributed by atoms with Crippen molar-refractivity contribution in [1.29, 1.82) is 0 Å². The lowest BCUT2D eigenvalue weighted by Crippen LogP contribution is -2.45. The van der Waals surface area contributed by atoms with Crippen molar-refractivity contribution in [3.63, 3.8) is 0 Å². The zero-order valence-electron chi connectivity index (χ0n) is 11.9. The molecule has 5 heteroatoms. The molecule has 3 rings (SSSR count). The molecule has 1 N–H and O–H groups in total. The molecule has 1 aliphatic rings. The molecule has 0 unspecified atom stereocenters. The van der Waals surface area contributed by atoms with Crippen LogP contribution >= 0.6 is 22.9 Å². The van der Waals surface area contributed by atoms with Crippen molar-refractivity contribution < 1.29 is 4.39 Å². The number of nitrogens with zero attached hydrogens (tertiary/aromatic N) is 1. The van der Waals surface area contributed by atoms with E-state index >= 15 is 0 Å². The van der Waals surface area contributed by atoms with E-state index in [1.54, 1.807) is 17.4 Å². The van der Waals surface area contributed by atoms with Crippen molar-refractivity contribution in [3.05, 3.63) is 56.5 Å². The van der Waals surface area contributed by atoms with E-state index in [-0.39, 0.29) is 11.9 Å². The third-order valence-electron chi connectivity index (χ3n) is 3.97. The molecule has 2 aromatic rings. The Hall–Kier alpha value is -0.940. The van der Waals surface area contributed by atoms with E-state index in [1.807, 2.05) is 12.3 Å². The minimum Gasteiger partial charge on any atom is -0.314 e. The summed E-state index contributed by atoms with van der Waals surface area (Å²) in [5, 5.41) is 8.01. The largest absolute Gasteiger partial charge is 0.314 e. The zero-order valence-corrected chi connectivity index (χ0v) is 13.5. The van der Waals surface area contributed by atoms with Gasteiger partial charge in [-0.2, -0.15) is 11.3 Å². The highest BCUT2D eigenvalue weighted by Gasteiger charge is 2.29. The summed E-state index contributed by atoms with van der Waals surface area (Å²) in [5.74, 6) is -0.222. The van der Waals surface area contributed by atoms with Crippen LogP contribution in [-0.4, -0.2) is 31.1 Å². The Balaban J connectivity index is 2.09. The smallest absolute Gasteiger partial charge is 0.129 e. The number of rotatable bonds is 3. The first-order valence-electron chi connectivity index (χ1n) is 7.10. The topological polar surface area (TPSA) is 15.3 Å². The molecule has 2 nitrogen and oxygen atoms in total. The van der Waals surface area contributed by atoms with Gasteiger partial charge in [0, 0.05) is 31.7 Å². The molecule has 0 spiro atoms. The Bertz CT molecular complexity index is 609.